The molecule has 2 rings (SSSR count). The summed E-state index contributed by atoms with van der Waals surface area (Å²) in [6.45, 7) is -0.106. The molecule has 0 radical (unpaired) electrons. The number of carbonyl (C=O) groups is 2. The van der Waals surface area contributed by atoms with Crippen molar-refractivity contribution in [2.75, 3.05) is 20.7 Å². The second-order valence-electron chi connectivity index (χ2n) is 3.79. The Morgan fingerprint density at radius 2 is 2.18 bits per heavy atom. The van der Waals surface area contributed by atoms with Crippen LogP contribution < -0.4 is 9.47 Å². The van der Waals surface area contributed by atoms with Crippen LogP contribution in [0.25, 0.3) is 0 Å². The summed E-state index contributed by atoms with van der Waals surface area (Å²) >= 11 is 0. The number of carbonyl (C=O) groups excluding carboxylic acids is 2. The second-order valence-corrected chi connectivity index (χ2v) is 3.79. The number of fused-ring (bicyclic) bond motifs is 1. The minimum absolute atomic E-state index is 0.0150. The number of ether oxygens (including phenoxy) is 2. The summed E-state index contributed by atoms with van der Waals surface area (Å²) in [6, 6.07) is 2.53. The molecule has 0 aliphatic carbocycles. The molecule has 0 unspecified atom stereocenters. The Balaban J connectivity index is 2.40. The highest BCUT2D eigenvalue weighted by Gasteiger charge is 2.28. The van der Waals surface area contributed by atoms with Crippen molar-refractivity contribution in [1.29, 1.82) is 0 Å². The van der Waals surface area contributed by atoms with Crippen molar-refractivity contribution in [2.24, 2.45) is 0 Å². The second kappa shape index (κ2) is 3.97. The zero-order chi connectivity index (χ0) is 12.6. The number of phenolic OH excluding ortho intramolecular Hbond substituents is 1. The van der Waals surface area contributed by atoms with Crippen molar-refractivity contribution in [1.82, 2.24) is 4.90 Å². The highest BCUT2D eigenvalue weighted by atomic mass is 16.6. The average molecular weight is 237 g/mol. The van der Waals surface area contributed by atoms with Gasteiger partial charge in [-0.1, -0.05) is 0 Å². The molecular weight excluding hydrogens is 226 g/mol. The molecule has 1 aromatic rings. The first-order chi connectivity index (χ1) is 7.99. The summed E-state index contributed by atoms with van der Waals surface area (Å²) in [5.41, 5.74) is 0.193. The first kappa shape index (κ1) is 11.3. The summed E-state index contributed by atoms with van der Waals surface area (Å²) in [7, 11) is 3.04. The zero-order valence-electron chi connectivity index (χ0n) is 9.39. The van der Waals surface area contributed by atoms with Crippen LogP contribution in [-0.4, -0.2) is 42.6 Å². The predicted molar refractivity (Wildman–Crippen MR) is 57.6 cm³/mol. The van der Waals surface area contributed by atoms with Crippen molar-refractivity contribution < 1.29 is 24.2 Å². The van der Waals surface area contributed by atoms with E-state index in [0.717, 1.165) is 0 Å². The highest BCUT2D eigenvalue weighted by Crippen LogP contribution is 2.37. The minimum atomic E-state index is -0.627. The normalized spacial score (nSPS) is 12.9. The molecule has 1 aliphatic rings. The van der Waals surface area contributed by atoms with Crippen molar-refractivity contribution in [3.05, 3.63) is 17.7 Å². The largest absolute Gasteiger partial charge is 0.508 e. The summed E-state index contributed by atoms with van der Waals surface area (Å²) in [4.78, 5) is 24.2. The van der Waals surface area contributed by atoms with E-state index < -0.39 is 6.09 Å². The van der Waals surface area contributed by atoms with Crippen LogP contribution in [-0.2, 0) is 0 Å². The SMILES string of the molecule is CN(C)C(=O)Oc1cc(O)cc2c1C(=O)CO2. The van der Waals surface area contributed by atoms with E-state index in [1.54, 1.807) is 0 Å². The molecular formula is C11H11NO5. The van der Waals surface area contributed by atoms with Crippen LogP contribution >= 0.6 is 0 Å². The van der Waals surface area contributed by atoms with Gasteiger partial charge in [0, 0.05) is 26.2 Å². The fourth-order valence-electron chi connectivity index (χ4n) is 1.45. The standard InChI is InChI=1S/C11H11NO5/c1-12(2)11(15)17-9-4-6(13)3-8-10(9)7(14)5-16-8/h3-4,13H,5H2,1-2H3. The lowest BCUT2D eigenvalue weighted by molar-refractivity contribution is 0.0959. The Kier molecular flexibility index (Phi) is 2.63. The molecule has 0 spiro atoms. The maximum Gasteiger partial charge on any atom is 0.414 e. The molecule has 1 aliphatic heterocycles. The lowest BCUT2D eigenvalue weighted by Gasteiger charge is -2.12. The number of hydrogen-bond acceptors (Lipinski definition) is 5. The Morgan fingerprint density at radius 1 is 1.47 bits per heavy atom. The molecule has 90 valence electrons. The number of rotatable bonds is 1. The summed E-state index contributed by atoms with van der Waals surface area (Å²) in [5, 5.41) is 9.42. The van der Waals surface area contributed by atoms with Gasteiger partial charge in [0.1, 0.15) is 17.1 Å². The molecule has 17 heavy (non-hydrogen) atoms. The third kappa shape index (κ3) is 2.01. The Morgan fingerprint density at radius 3 is 2.82 bits per heavy atom. The van der Waals surface area contributed by atoms with Crippen LogP contribution in [0.15, 0.2) is 12.1 Å². The van der Waals surface area contributed by atoms with Crippen LogP contribution in [0, 0.1) is 0 Å². The number of phenols is 1. The van der Waals surface area contributed by atoms with Gasteiger partial charge in [0.15, 0.2) is 12.4 Å². The summed E-state index contributed by atoms with van der Waals surface area (Å²) in [5.74, 6) is -0.153. The van der Waals surface area contributed by atoms with E-state index >= 15 is 0 Å². The monoisotopic (exact) mass is 237 g/mol. The van der Waals surface area contributed by atoms with Gasteiger partial charge in [0.25, 0.3) is 0 Å². The maximum absolute atomic E-state index is 11.5. The molecule has 1 amide bonds. The molecule has 0 saturated carbocycles. The van der Waals surface area contributed by atoms with Gasteiger partial charge in [-0.2, -0.15) is 0 Å². The van der Waals surface area contributed by atoms with E-state index in [-0.39, 0.29) is 35.2 Å². The molecule has 0 saturated heterocycles. The fourth-order valence-corrected chi connectivity index (χ4v) is 1.45. The minimum Gasteiger partial charge on any atom is -0.508 e. The summed E-state index contributed by atoms with van der Waals surface area (Å²) in [6.07, 6.45) is -0.627. The molecule has 1 heterocycles. The lowest BCUT2D eigenvalue weighted by atomic mass is 10.1. The number of hydrogen-bond donors (Lipinski definition) is 1. The number of amides is 1. The molecule has 1 N–H and O–H groups in total. The van der Waals surface area contributed by atoms with Gasteiger partial charge in [-0.25, -0.2) is 4.79 Å². The first-order valence-electron chi connectivity index (χ1n) is 4.91. The quantitative estimate of drug-likeness (QED) is 0.789. The lowest BCUT2D eigenvalue weighted by Crippen LogP contribution is -2.25. The van der Waals surface area contributed by atoms with Crippen molar-refractivity contribution in [3.63, 3.8) is 0 Å². The predicted octanol–water partition coefficient (Wildman–Crippen LogP) is 1.03. The van der Waals surface area contributed by atoms with E-state index in [9.17, 15) is 14.7 Å². The van der Waals surface area contributed by atoms with E-state index in [1.165, 1.54) is 31.1 Å². The molecule has 0 aromatic heterocycles. The molecule has 0 bridgehead atoms. The van der Waals surface area contributed by atoms with Crippen LogP contribution in [0.1, 0.15) is 10.4 Å². The third-order valence-corrected chi connectivity index (χ3v) is 2.25. The molecule has 1 aromatic carbocycles. The topological polar surface area (TPSA) is 76.1 Å². The van der Waals surface area contributed by atoms with Gasteiger partial charge in [-0.05, 0) is 0 Å². The Labute approximate surface area is 97.4 Å². The smallest absolute Gasteiger partial charge is 0.414 e. The van der Waals surface area contributed by atoms with Gasteiger partial charge in [-0.3, -0.25) is 4.79 Å². The number of benzene rings is 1. The number of ketones is 1. The van der Waals surface area contributed by atoms with Crippen LogP contribution in [0.3, 0.4) is 0 Å². The van der Waals surface area contributed by atoms with Gasteiger partial charge >= 0.3 is 6.09 Å². The number of Topliss-reactive ketones (excluding diaryl/α,β-unsaturated/α-hetero) is 1. The van der Waals surface area contributed by atoms with Gasteiger partial charge < -0.3 is 19.5 Å². The molecule has 0 fully saturated rings. The highest BCUT2D eigenvalue weighted by molar-refractivity contribution is 6.05. The fraction of sp³-hybridized carbons (Fsp3) is 0.273. The molecule has 6 nitrogen and oxygen atoms in total. The van der Waals surface area contributed by atoms with Crippen LogP contribution in [0.4, 0.5) is 4.79 Å². The number of aromatic hydroxyl groups is 1. The van der Waals surface area contributed by atoms with Crippen LogP contribution in [0.5, 0.6) is 17.2 Å². The Bertz CT molecular complexity index is 495. The van der Waals surface area contributed by atoms with Gasteiger partial charge in [-0.15, -0.1) is 0 Å². The molecule has 6 heteroatoms. The maximum atomic E-state index is 11.5. The van der Waals surface area contributed by atoms with E-state index in [2.05, 4.69) is 0 Å². The first-order valence-corrected chi connectivity index (χ1v) is 4.91. The van der Waals surface area contributed by atoms with Gasteiger partial charge in [0.2, 0.25) is 5.78 Å². The van der Waals surface area contributed by atoms with E-state index in [1.807, 2.05) is 0 Å². The van der Waals surface area contributed by atoms with E-state index in [0.29, 0.717) is 0 Å². The van der Waals surface area contributed by atoms with Gasteiger partial charge in [0.05, 0.1) is 0 Å². The van der Waals surface area contributed by atoms with Crippen molar-refractivity contribution in [3.8, 4) is 17.2 Å². The van der Waals surface area contributed by atoms with Crippen molar-refractivity contribution in [2.45, 2.75) is 0 Å². The van der Waals surface area contributed by atoms with Crippen LogP contribution in [0.2, 0.25) is 0 Å². The molecule has 0 atom stereocenters. The third-order valence-electron chi connectivity index (χ3n) is 2.25. The summed E-state index contributed by atoms with van der Waals surface area (Å²) < 4.78 is 10.1. The number of nitrogens with zero attached hydrogens (tertiary/aromatic N) is 1. The average Bonchev–Trinajstić information content (AvgIpc) is 2.59. The Hall–Kier alpha value is -2.24. The van der Waals surface area contributed by atoms with E-state index in [4.69, 9.17) is 9.47 Å². The van der Waals surface area contributed by atoms with Crippen molar-refractivity contribution >= 4 is 11.9 Å². The zero-order valence-corrected chi connectivity index (χ0v) is 9.39.